The number of likely N-dealkylation sites (tertiary alicyclic amines) is 2. The number of hydrogen-bond acceptors (Lipinski definition) is 2. The van der Waals surface area contributed by atoms with Gasteiger partial charge in [-0.3, -0.25) is 9.59 Å². The van der Waals surface area contributed by atoms with Gasteiger partial charge in [0.25, 0.3) is 0 Å². The Balaban J connectivity index is 1.45. The van der Waals surface area contributed by atoms with Gasteiger partial charge in [-0.2, -0.15) is 0 Å². The van der Waals surface area contributed by atoms with Crippen LogP contribution in [-0.2, 0) is 16.0 Å². The summed E-state index contributed by atoms with van der Waals surface area (Å²) in [5, 5.41) is 0. The lowest BCUT2D eigenvalue weighted by Gasteiger charge is -2.39. The SMILES string of the molecule is O=C(C(c1ccccc1)N1CCCCC1=O)N1CCC(Cc2ccccc2)CC1. The topological polar surface area (TPSA) is 40.6 Å². The van der Waals surface area contributed by atoms with Crippen LogP contribution in [0.2, 0.25) is 0 Å². The van der Waals surface area contributed by atoms with Gasteiger partial charge in [0.15, 0.2) is 0 Å². The predicted octanol–water partition coefficient (Wildman–Crippen LogP) is 4.22. The van der Waals surface area contributed by atoms with E-state index in [1.165, 1.54) is 5.56 Å². The van der Waals surface area contributed by atoms with Crippen molar-refractivity contribution in [3.05, 3.63) is 71.8 Å². The van der Waals surface area contributed by atoms with Gasteiger partial charge in [-0.1, -0.05) is 60.7 Å². The molecule has 4 nitrogen and oxygen atoms in total. The minimum atomic E-state index is -0.477. The van der Waals surface area contributed by atoms with E-state index in [0.717, 1.165) is 50.8 Å². The van der Waals surface area contributed by atoms with Gasteiger partial charge in [-0.25, -0.2) is 0 Å². The van der Waals surface area contributed by atoms with E-state index >= 15 is 0 Å². The van der Waals surface area contributed by atoms with Crippen LogP contribution in [0.15, 0.2) is 60.7 Å². The van der Waals surface area contributed by atoms with Crippen molar-refractivity contribution in [2.75, 3.05) is 19.6 Å². The molecule has 0 aliphatic carbocycles. The van der Waals surface area contributed by atoms with Gasteiger partial charge in [0.2, 0.25) is 11.8 Å². The Morgan fingerprint density at radius 2 is 1.55 bits per heavy atom. The Labute approximate surface area is 173 Å². The smallest absolute Gasteiger partial charge is 0.250 e. The van der Waals surface area contributed by atoms with Crippen molar-refractivity contribution in [3.8, 4) is 0 Å². The van der Waals surface area contributed by atoms with Crippen LogP contribution in [0.5, 0.6) is 0 Å². The molecule has 152 valence electrons. The zero-order valence-corrected chi connectivity index (χ0v) is 17.0. The molecule has 0 N–H and O–H groups in total. The van der Waals surface area contributed by atoms with E-state index in [2.05, 4.69) is 30.3 Å². The van der Waals surface area contributed by atoms with Crippen molar-refractivity contribution < 1.29 is 9.59 Å². The number of rotatable bonds is 5. The Morgan fingerprint density at radius 1 is 0.897 bits per heavy atom. The highest BCUT2D eigenvalue weighted by molar-refractivity contribution is 5.89. The maximum atomic E-state index is 13.5. The van der Waals surface area contributed by atoms with Crippen LogP contribution >= 0.6 is 0 Å². The standard InChI is InChI=1S/C25H30N2O2/c28-23-13-7-8-16-27(23)24(22-11-5-2-6-12-22)25(29)26-17-14-21(15-18-26)19-20-9-3-1-4-10-20/h1-6,9-12,21,24H,7-8,13-19H2. The highest BCUT2D eigenvalue weighted by Gasteiger charge is 2.36. The van der Waals surface area contributed by atoms with E-state index in [0.29, 0.717) is 18.9 Å². The van der Waals surface area contributed by atoms with Gasteiger partial charge in [-0.05, 0) is 49.1 Å². The molecule has 2 aromatic rings. The fraction of sp³-hybridized carbons (Fsp3) is 0.440. The molecule has 2 saturated heterocycles. The summed E-state index contributed by atoms with van der Waals surface area (Å²) in [6, 6.07) is 20.0. The van der Waals surface area contributed by atoms with Crippen molar-refractivity contribution in [2.45, 2.75) is 44.6 Å². The van der Waals surface area contributed by atoms with Gasteiger partial charge < -0.3 is 9.80 Å². The lowest BCUT2D eigenvalue weighted by Crippen LogP contribution is -2.49. The summed E-state index contributed by atoms with van der Waals surface area (Å²) >= 11 is 0. The van der Waals surface area contributed by atoms with Crippen LogP contribution in [0.4, 0.5) is 0 Å². The first kappa shape index (κ1) is 19.7. The van der Waals surface area contributed by atoms with Crippen LogP contribution in [0.1, 0.15) is 49.3 Å². The van der Waals surface area contributed by atoms with Crippen LogP contribution < -0.4 is 0 Å². The Bertz CT molecular complexity index is 813. The zero-order valence-electron chi connectivity index (χ0n) is 17.0. The summed E-state index contributed by atoms with van der Waals surface area (Å²) in [6.45, 7) is 2.23. The quantitative estimate of drug-likeness (QED) is 0.767. The summed E-state index contributed by atoms with van der Waals surface area (Å²) in [4.78, 5) is 30.0. The second-order valence-electron chi connectivity index (χ2n) is 8.32. The summed E-state index contributed by atoms with van der Waals surface area (Å²) in [7, 11) is 0. The predicted molar refractivity (Wildman–Crippen MR) is 114 cm³/mol. The number of hydrogen-bond donors (Lipinski definition) is 0. The van der Waals surface area contributed by atoms with Crippen molar-refractivity contribution in [1.29, 1.82) is 0 Å². The Kier molecular flexibility index (Phi) is 6.28. The van der Waals surface area contributed by atoms with Crippen LogP contribution in [0.3, 0.4) is 0 Å². The van der Waals surface area contributed by atoms with Crippen LogP contribution in [0.25, 0.3) is 0 Å². The molecule has 29 heavy (non-hydrogen) atoms. The van der Waals surface area contributed by atoms with Crippen molar-refractivity contribution in [3.63, 3.8) is 0 Å². The maximum absolute atomic E-state index is 13.5. The van der Waals surface area contributed by atoms with Gasteiger partial charge >= 0.3 is 0 Å². The lowest BCUT2D eigenvalue weighted by molar-refractivity contribution is -0.148. The zero-order chi connectivity index (χ0) is 20.1. The van der Waals surface area contributed by atoms with E-state index in [1.54, 1.807) is 0 Å². The molecule has 2 aliphatic rings. The normalized spacial score (nSPS) is 19.2. The molecule has 0 spiro atoms. The summed E-state index contributed by atoms with van der Waals surface area (Å²) in [5.74, 6) is 0.815. The summed E-state index contributed by atoms with van der Waals surface area (Å²) < 4.78 is 0. The number of carbonyl (C=O) groups is 2. The molecule has 4 heteroatoms. The van der Waals surface area contributed by atoms with Gasteiger partial charge in [0.05, 0.1) is 0 Å². The summed E-state index contributed by atoms with van der Waals surface area (Å²) in [6.07, 6.45) is 5.58. The van der Waals surface area contributed by atoms with Gasteiger partial charge in [-0.15, -0.1) is 0 Å². The van der Waals surface area contributed by atoms with Crippen LogP contribution in [-0.4, -0.2) is 41.2 Å². The highest BCUT2D eigenvalue weighted by atomic mass is 16.2. The number of amides is 2. The molecule has 0 bridgehead atoms. The van der Waals surface area contributed by atoms with Crippen molar-refractivity contribution in [1.82, 2.24) is 9.80 Å². The third kappa shape index (κ3) is 4.69. The molecule has 0 radical (unpaired) electrons. The number of nitrogens with zero attached hydrogens (tertiary/aromatic N) is 2. The fourth-order valence-electron chi connectivity index (χ4n) is 4.67. The second kappa shape index (κ2) is 9.25. The van der Waals surface area contributed by atoms with Gasteiger partial charge in [0.1, 0.15) is 6.04 Å². The molecule has 2 heterocycles. The first-order chi connectivity index (χ1) is 14.2. The number of carbonyl (C=O) groups excluding carboxylic acids is 2. The number of piperidine rings is 2. The average molecular weight is 391 g/mol. The lowest BCUT2D eigenvalue weighted by atomic mass is 9.89. The first-order valence-corrected chi connectivity index (χ1v) is 10.9. The third-order valence-electron chi connectivity index (χ3n) is 6.31. The third-order valence-corrected chi connectivity index (χ3v) is 6.31. The van der Waals surface area contributed by atoms with E-state index in [9.17, 15) is 9.59 Å². The largest absolute Gasteiger partial charge is 0.341 e. The first-order valence-electron chi connectivity index (χ1n) is 10.9. The number of benzene rings is 2. The van der Waals surface area contributed by atoms with E-state index in [1.807, 2.05) is 40.1 Å². The second-order valence-corrected chi connectivity index (χ2v) is 8.32. The Morgan fingerprint density at radius 3 is 2.21 bits per heavy atom. The van der Waals surface area contributed by atoms with Crippen LogP contribution in [0, 0.1) is 5.92 Å². The maximum Gasteiger partial charge on any atom is 0.250 e. The minimum Gasteiger partial charge on any atom is -0.341 e. The molecule has 2 aromatic carbocycles. The van der Waals surface area contributed by atoms with Crippen molar-refractivity contribution in [2.24, 2.45) is 5.92 Å². The molecule has 0 aromatic heterocycles. The molecule has 2 fully saturated rings. The molecule has 2 amide bonds. The van der Waals surface area contributed by atoms with E-state index in [4.69, 9.17) is 0 Å². The average Bonchev–Trinajstić information content (AvgIpc) is 2.77. The molecule has 4 rings (SSSR count). The highest BCUT2D eigenvalue weighted by Crippen LogP contribution is 2.30. The van der Waals surface area contributed by atoms with E-state index < -0.39 is 6.04 Å². The molecular weight excluding hydrogens is 360 g/mol. The summed E-state index contributed by atoms with van der Waals surface area (Å²) in [5.41, 5.74) is 2.30. The molecule has 2 aliphatic heterocycles. The molecule has 1 unspecified atom stereocenters. The Hall–Kier alpha value is -2.62. The van der Waals surface area contributed by atoms with Gasteiger partial charge in [0, 0.05) is 26.1 Å². The monoisotopic (exact) mass is 390 g/mol. The minimum absolute atomic E-state index is 0.0876. The molecule has 1 atom stereocenters. The van der Waals surface area contributed by atoms with E-state index in [-0.39, 0.29) is 11.8 Å². The fourth-order valence-corrected chi connectivity index (χ4v) is 4.67. The molecular formula is C25H30N2O2. The van der Waals surface area contributed by atoms with Crippen molar-refractivity contribution >= 4 is 11.8 Å². The molecule has 0 saturated carbocycles.